The van der Waals surface area contributed by atoms with Gasteiger partial charge in [0.1, 0.15) is 6.10 Å². The van der Waals surface area contributed by atoms with Crippen LogP contribution in [0.2, 0.25) is 0 Å². The molecule has 4 nitrogen and oxygen atoms in total. The summed E-state index contributed by atoms with van der Waals surface area (Å²) in [5, 5.41) is 0. The molecule has 2 saturated carbocycles. The Morgan fingerprint density at radius 3 is 3.04 bits per heavy atom. The molecule has 1 aliphatic heterocycles. The molecule has 0 N–H and O–H groups in total. The summed E-state index contributed by atoms with van der Waals surface area (Å²) < 4.78 is 5.88. The standard InChI is InChI=1S/C23H32N2O2/c1-16-7-6-10-23(2)14-21-18(13-20(16)23)19(22(26)27-21)15-25(3)12-9-17-8-4-5-11-24-17/h4-5,8,11,18-21H,1,6-7,9-10,12-15H2,2-3H3/t18-,19-,20+,21+,23+/m0/s1. The summed E-state index contributed by atoms with van der Waals surface area (Å²) >= 11 is 0. The van der Waals surface area contributed by atoms with Gasteiger partial charge in [0.2, 0.25) is 0 Å². The summed E-state index contributed by atoms with van der Waals surface area (Å²) in [5.74, 6) is 0.927. The van der Waals surface area contributed by atoms with E-state index >= 15 is 0 Å². The highest BCUT2D eigenvalue weighted by molar-refractivity contribution is 5.75. The lowest BCUT2D eigenvalue weighted by Crippen LogP contribution is -2.45. The minimum Gasteiger partial charge on any atom is -0.462 e. The van der Waals surface area contributed by atoms with Crippen LogP contribution in [0.1, 0.15) is 44.7 Å². The van der Waals surface area contributed by atoms with Gasteiger partial charge in [0.15, 0.2) is 0 Å². The third-order valence-electron chi connectivity index (χ3n) is 7.30. The van der Waals surface area contributed by atoms with Gasteiger partial charge < -0.3 is 9.64 Å². The zero-order chi connectivity index (χ0) is 19.0. The Morgan fingerprint density at radius 2 is 2.26 bits per heavy atom. The number of pyridine rings is 1. The molecular formula is C23H32N2O2. The van der Waals surface area contributed by atoms with Crippen LogP contribution in [-0.2, 0) is 16.0 Å². The molecule has 0 aromatic carbocycles. The Bertz CT molecular complexity index is 704. The van der Waals surface area contributed by atoms with Crippen molar-refractivity contribution in [2.75, 3.05) is 20.1 Å². The Morgan fingerprint density at radius 1 is 1.41 bits per heavy atom. The lowest BCUT2D eigenvalue weighted by atomic mass is 9.55. The van der Waals surface area contributed by atoms with Crippen molar-refractivity contribution in [3.05, 3.63) is 42.2 Å². The zero-order valence-electron chi connectivity index (χ0n) is 16.7. The van der Waals surface area contributed by atoms with Gasteiger partial charge in [-0.05, 0) is 62.6 Å². The van der Waals surface area contributed by atoms with Crippen molar-refractivity contribution in [3.8, 4) is 0 Å². The van der Waals surface area contributed by atoms with Crippen molar-refractivity contribution >= 4 is 5.97 Å². The van der Waals surface area contributed by atoms with Crippen LogP contribution >= 0.6 is 0 Å². The summed E-state index contributed by atoms with van der Waals surface area (Å²) in [5.41, 5.74) is 2.78. The van der Waals surface area contributed by atoms with E-state index in [-0.39, 0.29) is 23.4 Å². The molecule has 1 aromatic rings. The molecule has 3 aliphatic rings. The molecule has 1 aromatic heterocycles. The predicted octanol–water partition coefficient (Wildman–Crippen LogP) is 3.87. The molecule has 4 heteroatoms. The monoisotopic (exact) mass is 368 g/mol. The van der Waals surface area contributed by atoms with Crippen molar-refractivity contribution in [2.24, 2.45) is 23.2 Å². The maximum absolute atomic E-state index is 12.7. The second-order valence-electron chi connectivity index (χ2n) is 9.24. The predicted molar refractivity (Wildman–Crippen MR) is 106 cm³/mol. The van der Waals surface area contributed by atoms with E-state index in [0.29, 0.717) is 11.8 Å². The first-order chi connectivity index (χ1) is 13.0. The maximum atomic E-state index is 12.7. The van der Waals surface area contributed by atoms with Gasteiger partial charge in [-0.1, -0.05) is 25.1 Å². The maximum Gasteiger partial charge on any atom is 0.310 e. The summed E-state index contributed by atoms with van der Waals surface area (Å²) in [6.07, 6.45) is 8.57. The van der Waals surface area contributed by atoms with E-state index in [2.05, 4.69) is 36.5 Å². The molecule has 5 atom stereocenters. The van der Waals surface area contributed by atoms with Crippen molar-refractivity contribution in [1.29, 1.82) is 0 Å². The Labute approximate surface area is 163 Å². The van der Waals surface area contributed by atoms with E-state index in [0.717, 1.165) is 44.5 Å². The third-order valence-corrected chi connectivity index (χ3v) is 7.30. The Hall–Kier alpha value is -1.68. The Kier molecular flexibility index (Phi) is 5.11. The first kappa shape index (κ1) is 18.7. The summed E-state index contributed by atoms with van der Waals surface area (Å²) in [7, 11) is 2.11. The number of nitrogens with zero attached hydrogens (tertiary/aromatic N) is 2. The van der Waals surface area contributed by atoms with Crippen molar-refractivity contribution in [2.45, 2.75) is 51.6 Å². The number of ether oxygens (including phenoxy) is 1. The first-order valence-corrected chi connectivity index (χ1v) is 10.4. The van der Waals surface area contributed by atoms with E-state index < -0.39 is 0 Å². The van der Waals surface area contributed by atoms with Crippen LogP contribution in [0, 0.1) is 23.2 Å². The summed E-state index contributed by atoms with van der Waals surface area (Å²) in [4.78, 5) is 19.3. The number of esters is 1. The number of allylic oxidation sites excluding steroid dienone is 1. The average Bonchev–Trinajstić information content (AvgIpc) is 2.93. The Balaban J connectivity index is 1.40. The van der Waals surface area contributed by atoms with Crippen molar-refractivity contribution in [1.82, 2.24) is 9.88 Å². The second kappa shape index (κ2) is 7.38. The molecule has 27 heavy (non-hydrogen) atoms. The molecular weight excluding hydrogens is 336 g/mol. The number of hydrogen-bond acceptors (Lipinski definition) is 4. The topological polar surface area (TPSA) is 42.4 Å². The van der Waals surface area contributed by atoms with Crippen LogP contribution in [0.5, 0.6) is 0 Å². The number of hydrogen-bond donors (Lipinski definition) is 0. The number of aromatic nitrogens is 1. The van der Waals surface area contributed by atoms with Gasteiger partial charge in [-0.15, -0.1) is 0 Å². The quantitative estimate of drug-likeness (QED) is 0.584. The van der Waals surface area contributed by atoms with Crippen molar-refractivity contribution < 1.29 is 9.53 Å². The second-order valence-corrected chi connectivity index (χ2v) is 9.24. The van der Waals surface area contributed by atoms with Gasteiger partial charge in [0.05, 0.1) is 5.92 Å². The lowest BCUT2D eigenvalue weighted by Gasteiger charge is -2.50. The van der Waals surface area contributed by atoms with Crippen LogP contribution in [0.4, 0.5) is 0 Å². The molecule has 2 aliphatic carbocycles. The van der Waals surface area contributed by atoms with Crippen LogP contribution in [0.15, 0.2) is 36.5 Å². The van der Waals surface area contributed by atoms with Crippen molar-refractivity contribution in [3.63, 3.8) is 0 Å². The summed E-state index contributed by atoms with van der Waals surface area (Å²) in [6, 6.07) is 6.03. The van der Waals surface area contributed by atoms with Crippen LogP contribution < -0.4 is 0 Å². The molecule has 0 bridgehead atoms. The van der Waals surface area contributed by atoms with Gasteiger partial charge >= 0.3 is 5.97 Å². The number of carbonyl (C=O) groups is 1. The fourth-order valence-corrected chi connectivity index (χ4v) is 5.74. The van der Waals surface area contributed by atoms with E-state index in [1.165, 1.54) is 18.4 Å². The minimum absolute atomic E-state index is 0.00279. The van der Waals surface area contributed by atoms with Gasteiger partial charge in [-0.2, -0.15) is 0 Å². The fraction of sp³-hybridized carbons (Fsp3) is 0.652. The van der Waals surface area contributed by atoms with Crippen LogP contribution in [0.25, 0.3) is 0 Å². The molecule has 0 spiro atoms. The molecule has 4 rings (SSSR count). The molecule has 3 fully saturated rings. The highest BCUT2D eigenvalue weighted by atomic mass is 16.6. The first-order valence-electron chi connectivity index (χ1n) is 10.4. The lowest BCUT2D eigenvalue weighted by molar-refractivity contribution is -0.146. The fourth-order valence-electron chi connectivity index (χ4n) is 5.74. The molecule has 146 valence electrons. The van der Waals surface area contributed by atoms with Gasteiger partial charge in [-0.25, -0.2) is 0 Å². The van der Waals surface area contributed by atoms with E-state index in [1.807, 2.05) is 18.3 Å². The number of likely N-dealkylation sites (N-methyl/N-ethyl adjacent to an activating group) is 1. The highest BCUT2D eigenvalue weighted by Gasteiger charge is 2.55. The minimum atomic E-state index is 0.00279. The van der Waals surface area contributed by atoms with Crippen LogP contribution in [-0.4, -0.2) is 42.1 Å². The number of fused-ring (bicyclic) bond motifs is 2. The van der Waals surface area contributed by atoms with Gasteiger partial charge in [0.25, 0.3) is 0 Å². The third kappa shape index (κ3) is 3.69. The largest absolute Gasteiger partial charge is 0.462 e. The highest BCUT2D eigenvalue weighted by Crippen LogP contribution is 2.56. The van der Waals surface area contributed by atoms with E-state index in [9.17, 15) is 4.79 Å². The normalized spacial score (nSPS) is 35.7. The molecule has 2 heterocycles. The smallest absolute Gasteiger partial charge is 0.310 e. The van der Waals surface area contributed by atoms with Gasteiger partial charge in [0, 0.05) is 37.3 Å². The number of rotatable bonds is 5. The number of carbonyl (C=O) groups excluding carboxylic acids is 1. The molecule has 0 unspecified atom stereocenters. The summed E-state index contributed by atoms with van der Waals surface area (Å²) in [6.45, 7) is 8.46. The zero-order valence-corrected chi connectivity index (χ0v) is 16.7. The molecule has 0 amide bonds. The van der Waals surface area contributed by atoms with E-state index in [4.69, 9.17) is 4.74 Å². The average molecular weight is 369 g/mol. The molecule has 1 saturated heterocycles. The van der Waals surface area contributed by atoms with E-state index in [1.54, 1.807) is 0 Å². The van der Waals surface area contributed by atoms with Crippen LogP contribution in [0.3, 0.4) is 0 Å². The SMILES string of the molecule is C=C1CCC[C@]2(C)C[C@H]3OC(=O)[C@@H](CN(C)CCc4ccccn4)[C@@H]3C[C@H]12. The van der Waals surface area contributed by atoms with Gasteiger partial charge in [-0.3, -0.25) is 9.78 Å². The molecule has 0 radical (unpaired) electrons.